The van der Waals surface area contributed by atoms with Crippen LogP contribution in [-0.2, 0) is 20.4 Å². The SMILES string of the molecule is CCC=CCl.[Pd]. The van der Waals surface area contributed by atoms with Gasteiger partial charge >= 0.3 is 0 Å². The summed E-state index contributed by atoms with van der Waals surface area (Å²) in [7, 11) is 0. The minimum Gasteiger partial charge on any atom is -0.0933 e. The van der Waals surface area contributed by atoms with Gasteiger partial charge in [-0.1, -0.05) is 24.6 Å². The van der Waals surface area contributed by atoms with E-state index < -0.39 is 0 Å². The summed E-state index contributed by atoms with van der Waals surface area (Å²) in [6.07, 6.45) is 2.92. The molecule has 40 valence electrons. The van der Waals surface area contributed by atoms with Crippen LogP contribution in [0.1, 0.15) is 13.3 Å². The van der Waals surface area contributed by atoms with Crippen molar-refractivity contribution in [2.75, 3.05) is 0 Å². The molecule has 0 heterocycles. The molecule has 0 aliphatic carbocycles. The normalized spacial score (nSPS) is 8.33. The van der Waals surface area contributed by atoms with Gasteiger partial charge in [0.25, 0.3) is 0 Å². The molecule has 6 heavy (non-hydrogen) atoms. The Hall–Kier alpha value is 0.692. The van der Waals surface area contributed by atoms with Crippen LogP contribution in [0.2, 0.25) is 0 Å². The standard InChI is InChI=1S/C4H7Cl.Pd/c1-2-3-4-5;/h3-4H,2H2,1H3;. The minimum atomic E-state index is 0. The van der Waals surface area contributed by atoms with E-state index in [4.69, 9.17) is 11.6 Å². The Kier molecular flexibility index (Phi) is 15.1. The van der Waals surface area contributed by atoms with Crippen molar-refractivity contribution >= 4 is 11.6 Å². The van der Waals surface area contributed by atoms with E-state index in [1.54, 1.807) is 0 Å². The molecule has 0 saturated heterocycles. The Bertz CT molecular complexity index is 34.5. The number of rotatable bonds is 1. The first-order chi connectivity index (χ1) is 2.41. The van der Waals surface area contributed by atoms with E-state index >= 15 is 0 Å². The Labute approximate surface area is 57.2 Å². The average Bonchev–Trinajstić information content (AvgIpc) is 1.41. The molecule has 0 fully saturated rings. The van der Waals surface area contributed by atoms with Crippen molar-refractivity contribution in [3.05, 3.63) is 11.6 Å². The molecule has 0 radical (unpaired) electrons. The summed E-state index contributed by atoms with van der Waals surface area (Å²) in [5.41, 5.74) is 1.53. The maximum atomic E-state index is 5.12. The summed E-state index contributed by atoms with van der Waals surface area (Å²) in [4.78, 5) is 0. The Balaban J connectivity index is 0. The van der Waals surface area contributed by atoms with Gasteiger partial charge < -0.3 is 0 Å². The molecule has 0 N–H and O–H groups in total. The maximum absolute atomic E-state index is 5.12. The van der Waals surface area contributed by atoms with Crippen molar-refractivity contribution in [3.63, 3.8) is 0 Å². The van der Waals surface area contributed by atoms with Crippen LogP contribution in [0.3, 0.4) is 0 Å². The molecule has 0 unspecified atom stereocenters. The summed E-state index contributed by atoms with van der Waals surface area (Å²) in [6.45, 7) is 2.04. The molecule has 2 heteroatoms. The summed E-state index contributed by atoms with van der Waals surface area (Å²) < 4.78 is 0. The molecule has 0 bridgehead atoms. The van der Waals surface area contributed by atoms with E-state index in [0.717, 1.165) is 6.42 Å². The van der Waals surface area contributed by atoms with Crippen molar-refractivity contribution < 1.29 is 20.4 Å². The molecule has 0 aromatic carbocycles. The van der Waals surface area contributed by atoms with Crippen LogP contribution in [0.25, 0.3) is 0 Å². The van der Waals surface area contributed by atoms with Crippen LogP contribution >= 0.6 is 11.6 Å². The summed E-state index contributed by atoms with van der Waals surface area (Å²) in [5.74, 6) is 0. The Morgan fingerprint density at radius 1 is 1.67 bits per heavy atom. The molecular weight excluding hydrogens is 190 g/mol. The van der Waals surface area contributed by atoms with E-state index in [1.165, 1.54) is 5.54 Å². The number of halogens is 1. The molecule has 0 atom stereocenters. The van der Waals surface area contributed by atoms with E-state index in [9.17, 15) is 0 Å². The van der Waals surface area contributed by atoms with Crippen molar-refractivity contribution in [2.24, 2.45) is 0 Å². The summed E-state index contributed by atoms with van der Waals surface area (Å²) in [6, 6.07) is 0. The fourth-order valence-electron chi connectivity index (χ4n) is 0.0891. The van der Waals surface area contributed by atoms with E-state index in [0.29, 0.717) is 0 Å². The zero-order valence-corrected chi connectivity index (χ0v) is 5.87. The third-order valence-corrected chi connectivity index (χ3v) is 0.503. The van der Waals surface area contributed by atoms with Crippen LogP contribution in [0.5, 0.6) is 0 Å². The predicted molar refractivity (Wildman–Crippen MR) is 25.3 cm³/mol. The largest absolute Gasteiger partial charge is 0.0933 e. The van der Waals surface area contributed by atoms with Gasteiger partial charge in [0.1, 0.15) is 0 Å². The molecule has 0 nitrogen and oxygen atoms in total. The zero-order chi connectivity index (χ0) is 4.12. The molecular formula is C4H7ClPd. The third kappa shape index (κ3) is 8.83. The number of hydrogen-bond acceptors (Lipinski definition) is 0. The van der Waals surface area contributed by atoms with Gasteiger partial charge in [-0.3, -0.25) is 0 Å². The van der Waals surface area contributed by atoms with Gasteiger partial charge in [0.2, 0.25) is 0 Å². The second kappa shape index (κ2) is 9.19. The summed E-state index contributed by atoms with van der Waals surface area (Å²) in [5, 5.41) is 0. The topological polar surface area (TPSA) is 0 Å². The van der Waals surface area contributed by atoms with Gasteiger partial charge in [0, 0.05) is 26.0 Å². The molecule has 0 aromatic rings. The van der Waals surface area contributed by atoms with Crippen molar-refractivity contribution in [3.8, 4) is 0 Å². The van der Waals surface area contributed by atoms with Crippen LogP contribution in [0.4, 0.5) is 0 Å². The van der Waals surface area contributed by atoms with Gasteiger partial charge in [0.15, 0.2) is 0 Å². The molecule has 0 aliphatic rings. The molecule has 0 rings (SSSR count). The van der Waals surface area contributed by atoms with Gasteiger partial charge in [0.05, 0.1) is 0 Å². The van der Waals surface area contributed by atoms with Crippen LogP contribution in [0.15, 0.2) is 11.6 Å². The van der Waals surface area contributed by atoms with E-state index in [-0.39, 0.29) is 20.4 Å². The first kappa shape index (κ1) is 9.85. The molecule has 0 aromatic heterocycles. The third-order valence-electron chi connectivity index (χ3n) is 0.325. The van der Waals surface area contributed by atoms with Crippen LogP contribution < -0.4 is 0 Å². The monoisotopic (exact) mass is 196 g/mol. The molecule has 0 spiro atoms. The first-order valence-corrected chi connectivity index (χ1v) is 2.10. The Morgan fingerprint density at radius 2 is 2.17 bits per heavy atom. The summed E-state index contributed by atoms with van der Waals surface area (Å²) >= 11 is 5.12. The van der Waals surface area contributed by atoms with Gasteiger partial charge in [-0.05, 0) is 6.42 Å². The predicted octanol–water partition coefficient (Wildman–Crippen LogP) is 2.15. The second-order valence-electron chi connectivity index (χ2n) is 0.770. The van der Waals surface area contributed by atoms with Gasteiger partial charge in [-0.15, -0.1) is 0 Å². The van der Waals surface area contributed by atoms with Gasteiger partial charge in [-0.2, -0.15) is 0 Å². The van der Waals surface area contributed by atoms with Crippen LogP contribution in [0, 0.1) is 0 Å². The molecule has 0 amide bonds. The fourth-order valence-corrected chi connectivity index (χ4v) is 0.267. The smallest absolute Gasteiger partial charge is 0.000235 e. The molecule has 0 saturated carbocycles. The van der Waals surface area contributed by atoms with Crippen molar-refractivity contribution in [1.82, 2.24) is 0 Å². The first-order valence-electron chi connectivity index (χ1n) is 1.67. The van der Waals surface area contributed by atoms with Gasteiger partial charge in [-0.25, -0.2) is 0 Å². The second-order valence-corrected chi connectivity index (χ2v) is 1.02. The number of hydrogen-bond donors (Lipinski definition) is 0. The average molecular weight is 197 g/mol. The van der Waals surface area contributed by atoms with Crippen LogP contribution in [-0.4, -0.2) is 0 Å². The van der Waals surface area contributed by atoms with Crippen molar-refractivity contribution in [2.45, 2.75) is 13.3 Å². The Morgan fingerprint density at radius 3 is 2.17 bits per heavy atom. The van der Waals surface area contributed by atoms with E-state index in [1.807, 2.05) is 13.0 Å². The number of allylic oxidation sites excluding steroid dienone is 1. The zero-order valence-electron chi connectivity index (χ0n) is 3.56. The fraction of sp³-hybridized carbons (Fsp3) is 0.500. The molecule has 0 aliphatic heterocycles. The van der Waals surface area contributed by atoms with E-state index in [2.05, 4.69) is 0 Å². The maximum Gasteiger partial charge on any atom is 0.000235 e. The van der Waals surface area contributed by atoms with Crippen molar-refractivity contribution in [1.29, 1.82) is 0 Å². The minimum absolute atomic E-state index is 0. The quantitative estimate of drug-likeness (QED) is 0.565.